The third-order valence-corrected chi connectivity index (χ3v) is 6.04. The maximum absolute atomic E-state index is 13.2. The van der Waals surface area contributed by atoms with Gasteiger partial charge in [-0.1, -0.05) is 11.8 Å². The Bertz CT molecular complexity index is 831. The fourth-order valence-corrected chi connectivity index (χ4v) is 4.65. The first-order valence-electron chi connectivity index (χ1n) is 9.35. The minimum atomic E-state index is -4.45. The quantitative estimate of drug-likeness (QED) is 0.805. The number of carbonyl (C=O) groups is 1. The van der Waals surface area contributed by atoms with Crippen molar-refractivity contribution < 1.29 is 18.0 Å². The zero-order chi connectivity index (χ0) is 19.7. The predicted octanol–water partition coefficient (Wildman–Crippen LogP) is 4.28. The number of benzene rings is 1. The van der Waals surface area contributed by atoms with Crippen LogP contribution in [0.4, 0.5) is 24.5 Å². The van der Waals surface area contributed by atoms with Gasteiger partial charge in [0, 0.05) is 25.3 Å². The lowest BCUT2D eigenvalue weighted by Gasteiger charge is -2.31. The number of aliphatic imine (C=N–C) groups is 1. The van der Waals surface area contributed by atoms with Crippen LogP contribution in [0.3, 0.4) is 0 Å². The smallest absolute Gasteiger partial charge is 0.370 e. The average molecular weight is 410 g/mol. The highest BCUT2D eigenvalue weighted by molar-refractivity contribution is 8.16. The average Bonchev–Trinajstić information content (AvgIpc) is 3.27. The molecule has 4 rings (SSSR count). The molecule has 1 amide bonds. The van der Waals surface area contributed by atoms with Crippen LogP contribution in [0.1, 0.15) is 31.2 Å². The number of fused-ring (bicyclic) bond motifs is 1. The normalized spacial score (nSPS) is 19.4. The Balaban J connectivity index is 1.54. The number of nitrogens with zero attached hydrogens (tertiary/aromatic N) is 3. The van der Waals surface area contributed by atoms with Crippen molar-refractivity contribution in [1.82, 2.24) is 4.90 Å². The van der Waals surface area contributed by atoms with Crippen LogP contribution < -0.4 is 10.2 Å². The SMILES string of the molecule is O=C(CC1=CSC2=NCCN12)Nc1cc(C(F)(F)F)ccc1N1CCCCC1. The first kappa shape index (κ1) is 19.2. The van der Waals surface area contributed by atoms with Crippen molar-refractivity contribution in [3.05, 3.63) is 34.9 Å². The topological polar surface area (TPSA) is 47.9 Å². The number of halogens is 3. The molecule has 0 aromatic heterocycles. The zero-order valence-corrected chi connectivity index (χ0v) is 16.1. The second-order valence-corrected chi connectivity index (χ2v) is 7.88. The van der Waals surface area contributed by atoms with Crippen molar-refractivity contribution in [3.63, 3.8) is 0 Å². The van der Waals surface area contributed by atoms with Gasteiger partial charge in [-0.15, -0.1) is 0 Å². The summed E-state index contributed by atoms with van der Waals surface area (Å²) in [6.45, 7) is 3.01. The van der Waals surface area contributed by atoms with Crippen LogP contribution in [-0.2, 0) is 11.0 Å². The van der Waals surface area contributed by atoms with E-state index in [0.29, 0.717) is 12.2 Å². The molecule has 1 aromatic carbocycles. The maximum atomic E-state index is 13.2. The first-order valence-corrected chi connectivity index (χ1v) is 10.2. The van der Waals surface area contributed by atoms with Gasteiger partial charge in [0.25, 0.3) is 0 Å². The minimum Gasteiger partial charge on any atom is -0.370 e. The number of amides is 1. The summed E-state index contributed by atoms with van der Waals surface area (Å²) in [7, 11) is 0. The molecule has 1 saturated heterocycles. The molecule has 0 spiro atoms. The number of hydrogen-bond acceptors (Lipinski definition) is 5. The Labute approximate surface area is 165 Å². The van der Waals surface area contributed by atoms with E-state index in [2.05, 4.69) is 15.2 Å². The lowest BCUT2D eigenvalue weighted by Crippen LogP contribution is -2.31. The van der Waals surface area contributed by atoms with E-state index < -0.39 is 11.7 Å². The molecule has 0 saturated carbocycles. The molecule has 3 aliphatic heterocycles. The van der Waals surface area contributed by atoms with Gasteiger partial charge in [-0.25, -0.2) is 0 Å². The Hall–Kier alpha value is -2.16. The van der Waals surface area contributed by atoms with E-state index in [9.17, 15) is 18.0 Å². The molecule has 3 heterocycles. The monoisotopic (exact) mass is 410 g/mol. The second kappa shape index (κ2) is 7.69. The molecule has 150 valence electrons. The zero-order valence-electron chi connectivity index (χ0n) is 15.3. The fourth-order valence-electron chi connectivity index (χ4n) is 3.70. The van der Waals surface area contributed by atoms with E-state index in [1.54, 1.807) is 0 Å². The lowest BCUT2D eigenvalue weighted by molar-refractivity contribution is -0.137. The van der Waals surface area contributed by atoms with E-state index in [1.807, 2.05) is 10.3 Å². The van der Waals surface area contributed by atoms with Crippen LogP contribution in [-0.4, -0.2) is 42.2 Å². The molecule has 28 heavy (non-hydrogen) atoms. The van der Waals surface area contributed by atoms with Crippen molar-refractivity contribution in [2.75, 3.05) is 36.4 Å². The second-order valence-electron chi connectivity index (χ2n) is 7.05. The molecule has 1 aromatic rings. The van der Waals surface area contributed by atoms with Crippen LogP contribution in [0.15, 0.2) is 34.3 Å². The Kier molecular flexibility index (Phi) is 5.27. The predicted molar refractivity (Wildman–Crippen MR) is 105 cm³/mol. The number of carbonyl (C=O) groups excluding carboxylic acids is 1. The van der Waals surface area contributed by atoms with Crippen molar-refractivity contribution in [3.8, 4) is 0 Å². The summed E-state index contributed by atoms with van der Waals surface area (Å²) in [4.78, 5) is 21.0. The van der Waals surface area contributed by atoms with Crippen LogP contribution in [0.5, 0.6) is 0 Å². The van der Waals surface area contributed by atoms with Crippen LogP contribution in [0.2, 0.25) is 0 Å². The third kappa shape index (κ3) is 3.99. The highest BCUT2D eigenvalue weighted by Crippen LogP contribution is 2.37. The molecule has 0 aliphatic carbocycles. The summed E-state index contributed by atoms with van der Waals surface area (Å²) in [6, 6.07) is 3.60. The summed E-state index contributed by atoms with van der Waals surface area (Å²) in [5.74, 6) is -0.322. The molecule has 0 bridgehead atoms. The van der Waals surface area contributed by atoms with Crippen molar-refractivity contribution in [1.29, 1.82) is 0 Å². The number of hydrogen-bond donors (Lipinski definition) is 1. The Morgan fingerprint density at radius 1 is 1.18 bits per heavy atom. The first-order chi connectivity index (χ1) is 13.4. The molecular weight excluding hydrogens is 389 g/mol. The van der Waals surface area contributed by atoms with E-state index in [0.717, 1.165) is 61.9 Å². The number of piperidine rings is 1. The lowest BCUT2D eigenvalue weighted by atomic mass is 10.1. The molecule has 1 fully saturated rings. The number of nitrogens with one attached hydrogen (secondary N) is 1. The van der Waals surface area contributed by atoms with Gasteiger partial charge in [0.1, 0.15) is 0 Å². The van der Waals surface area contributed by atoms with E-state index in [4.69, 9.17) is 0 Å². The van der Waals surface area contributed by atoms with Crippen molar-refractivity contribution in [2.45, 2.75) is 31.9 Å². The van der Waals surface area contributed by atoms with Crippen molar-refractivity contribution in [2.24, 2.45) is 4.99 Å². The number of amidine groups is 1. The highest BCUT2D eigenvalue weighted by atomic mass is 32.2. The molecule has 3 aliphatic rings. The van der Waals surface area contributed by atoms with E-state index in [1.165, 1.54) is 17.8 Å². The summed E-state index contributed by atoms with van der Waals surface area (Å²) in [6.07, 6.45) is -1.23. The Morgan fingerprint density at radius 3 is 2.71 bits per heavy atom. The van der Waals surface area contributed by atoms with Crippen LogP contribution >= 0.6 is 11.8 Å². The summed E-state index contributed by atoms with van der Waals surface area (Å²) < 4.78 is 39.6. The number of thioether (sulfide) groups is 1. The third-order valence-electron chi connectivity index (χ3n) is 5.09. The molecule has 1 N–H and O–H groups in total. The summed E-state index contributed by atoms with van der Waals surface area (Å²) in [5.41, 5.74) is 0.959. The number of alkyl halides is 3. The van der Waals surface area contributed by atoms with Gasteiger partial charge in [-0.05, 0) is 42.9 Å². The summed E-state index contributed by atoms with van der Waals surface area (Å²) in [5, 5.41) is 5.50. The number of rotatable bonds is 4. The van der Waals surface area contributed by atoms with E-state index >= 15 is 0 Å². The maximum Gasteiger partial charge on any atom is 0.416 e. The molecule has 0 unspecified atom stereocenters. The van der Waals surface area contributed by atoms with Crippen molar-refractivity contribution >= 4 is 34.2 Å². The summed E-state index contributed by atoms with van der Waals surface area (Å²) >= 11 is 1.48. The van der Waals surface area contributed by atoms with E-state index in [-0.39, 0.29) is 18.0 Å². The molecular formula is C19H21F3N4OS. The van der Waals surface area contributed by atoms with Gasteiger partial charge in [0.2, 0.25) is 5.91 Å². The van der Waals surface area contributed by atoms with Crippen LogP contribution in [0, 0.1) is 0 Å². The standard InChI is InChI=1S/C19H21F3N4OS/c20-19(21,22)13-4-5-16(25-7-2-1-3-8-25)15(10-13)24-17(27)11-14-12-28-18-23-6-9-26(14)18/h4-5,10,12H,1-3,6-9,11H2,(H,24,27). The number of anilines is 2. The molecule has 5 nitrogen and oxygen atoms in total. The minimum absolute atomic E-state index is 0.113. The molecule has 0 atom stereocenters. The molecule has 9 heteroatoms. The van der Waals surface area contributed by atoms with Gasteiger partial charge in [0.05, 0.1) is 29.9 Å². The van der Waals surface area contributed by atoms with Gasteiger partial charge in [0.15, 0.2) is 5.17 Å². The van der Waals surface area contributed by atoms with Gasteiger partial charge in [-0.2, -0.15) is 13.2 Å². The van der Waals surface area contributed by atoms with Gasteiger partial charge >= 0.3 is 6.18 Å². The van der Waals surface area contributed by atoms with Crippen LogP contribution in [0.25, 0.3) is 0 Å². The highest BCUT2D eigenvalue weighted by Gasteiger charge is 2.32. The fraction of sp³-hybridized carbons (Fsp3) is 0.474. The van der Waals surface area contributed by atoms with Gasteiger partial charge in [-0.3, -0.25) is 9.79 Å². The largest absolute Gasteiger partial charge is 0.416 e. The Morgan fingerprint density at radius 2 is 1.96 bits per heavy atom. The van der Waals surface area contributed by atoms with Gasteiger partial charge < -0.3 is 15.1 Å². The molecule has 0 radical (unpaired) electrons.